The first-order valence-electron chi connectivity index (χ1n) is 5.96. The molecule has 6 nitrogen and oxygen atoms in total. The molecular weight excluding hydrogens is 254 g/mol. The average Bonchev–Trinajstić information content (AvgIpc) is 2.86. The number of sulfone groups is 1. The zero-order chi connectivity index (χ0) is 13.3. The van der Waals surface area contributed by atoms with Crippen molar-refractivity contribution >= 4 is 15.7 Å². The summed E-state index contributed by atoms with van der Waals surface area (Å²) in [5, 5.41) is 6.54. The summed E-state index contributed by atoms with van der Waals surface area (Å²) in [5.41, 5.74) is 1.22. The van der Waals surface area contributed by atoms with Crippen molar-refractivity contribution in [2.45, 2.75) is 26.3 Å². The number of hydrogen-bond donors (Lipinski definition) is 1. The molecule has 1 aromatic heterocycles. The minimum Gasteiger partial charge on any atom is -0.335 e. The number of amides is 1. The lowest BCUT2D eigenvalue weighted by Crippen LogP contribution is -2.41. The zero-order valence-corrected chi connectivity index (χ0v) is 11.3. The van der Waals surface area contributed by atoms with Crippen molar-refractivity contribution in [1.82, 2.24) is 15.1 Å². The van der Waals surface area contributed by atoms with Gasteiger partial charge in [0.1, 0.15) is 0 Å². The van der Waals surface area contributed by atoms with E-state index in [1.807, 2.05) is 6.92 Å². The first-order chi connectivity index (χ1) is 8.44. The van der Waals surface area contributed by atoms with Crippen LogP contribution in [0.4, 0.5) is 0 Å². The van der Waals surface area contributed by atoms with E-state index in [2.05, 4.69) is 10.2 Å². The average molecular weight is 271 g/mol. The predicted octanol–water partition coefficient (Wildman–Crippen LogP) is 0.367. The fraction of sp³-hybridized carbons (Fsp3) is 0.636. The Kier molecular flexibility index (Phi) is 3.43. The highest BCUT2D eigenvalue weighted by Gasteiger charge is 2.34. The third kappa shape index (κ3) is 2.40. The van der Waals surface area contributed by atoms with Crippen molar-refractivity contribution in [2.75, 3.05) is 18.1 Å². The van der Waals surface area contributed by atoms with Crippen molar-refractivity contribution in [3.8, 4) is 0 Å². The van der Waals surface area contributed by atoms with E-state index < -0.39 is 9.84 Å². The SMILES string of the molecule is CCN(C(=O)c1cn[nH]c1C)C1CCS(=O)(=O)C1. The number of aromatic nitrogens is 2. The molecule has 1 aromatic rings. The third-order valence-electron chi connectivity index (χ3n) is 3.31. The Morgan fingerprint density at radius 1 is 1.61 bits per heavy atom. The van der Waals surface area contributed by atoms with Crippen molar-refractivity contribution in [2.24, 2.45) is 0 Å². The zero-order valence-electron chi connectivity index (χ0n) is 10.5. The van der Waals surface area contributed by atoms with E-state index in [4.69, 9.17) is 0 Å². The molecule has 0 bridgehead atoms. The predicted molar refractivity (Wildman–Crippen MR) is 67.1 cm³/mol. The van der Waals surface area contributed by atoms with Crippen LogP contribution in [0.25, 0.3) is 0 Å². The number of nitrogens with zero attached hydrogens (tertiary/aromatic N) is 2. The van der Waals surface area contributed by atoms with E-state index in [0.29, 0.717) is 24.2 Å². The molecule has 1 fully saturated rings. The summed E-state index contributed by atoms with van der Waals surface area (Å²) in [6, 6.07) is -0.207. The third-order valence-corrected chi connectivity index (χ3v) is 5.06. The van der Waals surface area contributed by atoms with Gasteiger partial charge in [-0.2, -0.15) is 5.10 Å². The van der Waals surface area contributed by atoms with Crippen molar-refractivity contribution < 1.29 is 13.2 Å². The largest absolute Gasteiger partial charge is 0.335 e. The lowest BCUT2D eigenvalue weighted by molar-refractivity contribution is 0.0707. The summed E-state index contributed by atoms with van der Waals surface area (Å²) in [6.45, 7) is 4.14. The molecule has 0 radical (unpaired) electrons. The van der Waals surface area contributed by atoms with Gasteiger partial charge in [0.25, 0.3) is 5.91 Å². The number of rotatable bonds is 3. The standard InChI is InChI=1S/C11H17N3O3S/c1-3-14(9-4-5-18(16,17)7-9)11(15)10-6-12-13-8(10)2/h6,9H,3-5,7H2,1-2H3,(H,12,13). The van der Waals surface area contributed by atoms with Gasteiger partial charge >= 0.3 is 0 Å². The molecule has 0 saturated carbocycles. The van der Waals surface area contributed by atoms with Gasteiger partial charge < -0.3 is 4.90 Å². The first kappa shape index (κ1) is 13.1. The van der Waals surface area contributed by atoms with Gasteiger partial charge in [-0.3, -0.25) is 9.89 Å². The maximum atomic E-state index is 12.3. The molecule has 0 spiro atoms. The fourth-order valence-electron chi connectivity index (χ4n) is 2.31. The fourth-order valence-corrected chi connectivity index (χ4v) is 4.04. The second-order valence-corrected chi connectivity index (χ2v) is 6.79. The summed E-state index contributed by atoms with van der Waals surface area (Å²) < 4.78 is 23.0. The summed E-state index contributed by atoms with van der Waals surface area (Å²) >= 11 is 0. The van der Waals surface area contributed by atoms with Crippen LogP contribution in [0.3, 0.4) is 0 Å². The van der Waals surface area contributed by atoms with Crippen LogP contribution in [0.2, 0.25) is 0 Å². The molecule has 100 valence electrons. The van der Waals surface area contributed by atoms with Gasteiger partial charge in [-0.25, -0.2) is 8.42 Å². The molecule has 1 aliphatic heterocycles. The smallest absolute Gasteiger partial charge is 0.257 e. The van der Waals surface area contributed by atoms with Crippen molar-refractivity contribution in [3.63, 3.8) is 0 Å². The minimum atomic E-state index is -2.98. The second kappa shape index (κ2) is 4.72. The summed E-state index contributed by atoms with van der Waals surface area (Å²) in [6.07, 6.45) is 2.02. The molecule has 7 heteroatoms. The van der Waals surface area contributed by atoms with Crippen LogP contribution in [0.15, 0.2) is 6.20 Å². The van der Waals surface area contributed by atoms with Gasteiger partial charge in [0.05, 0.1) is 23.3 Å². The summed E-state index contributed by atoms with van der Waals surface area (Å²) in [7, 11) is -2.98. The molecule has 0 aliphatic carbocycles. The maximum Gasteiger partial charge on any atom is 0.257 e. The van der Waals surface area contributed by atoms with Crippen LogP contribution in [-0.4, -0.2) is 53.5 Å². The first-order valence-corrected chi connectivity index (χ1v) is 7.78. The normalized spacial score (nSPS) is 22.0. The number of H-pyrrole nitrogens is 1. The molecule has 1 unspecified atom stereocenters. The highest BCUT2D eigenvalue weighted by Crippen LogP contribution is 2.20. The molecule has 2 rings (SSSR count). The van der Waals surface area contributed by atoms with Crippen LogP contribution < -0.4 is 0 Å². The molecule has 1 atom stereocenters. The van der Waals surface area contributed by atoms with Crippen LogP contribution in [0.5, 0.6) is 0 Å². The van der Waals surface area contributed by atoms with Crippen LogP contribution in [0, 0.1) is 6.92 Å². The summed E-state index contributed by atoms with van der Waals surface area (Å²) in [5.74, 6) is 0.0980. The number of aryl methyl sites for hydroxylation is 1. The molecule has 1 amide bonds. The van der Waals surface area contributed by atoms with Gasteiger partial charge in [-0.15, -0.1) is 0 Å². The molecule has 1 saturated heterocycles. The van der Waals surface area contributed by atoms with E-state index in [1.165, 1.54) is 6.20 Å². The van der Waals surface area contributed by atoms with Gasteiger partial charge in [-0.1, -0.05) is 0 Å². The topological polar surface area (TPSA) is 83.1 Å². The highest BCUT2D eigenvalue weighted by atomic mass is 32.2. The highest BCUT2D eigenvalue weighted by molar-refractivity contribution is 7.91. The van der Waals surface area contributed by atoms with E-state index >= 15 is 0 Å². The molecule has 1 aliphatic rings. The molecule has 18 heavy (non-hydrogen) atoms. The van der Waals surface area contributed by atoms with Crippen LogP contribution >= 0.6 is 0 Å². The van der Waals surface area contributed by atoms with Gasteiger partial charge in [-0.05, 0) is 20.3 Å². The Morgan fingerprint density at radius 2 is 2.33 bits per heavy atom. The Bertz CT molecular complexity index is 550. The Balaban J connectivity index is 2.20. The number of aromatic amines is 1. The minimum absolute atomic E-state index is 0.0729. The second-order valence-electron chi connectivity index (χ2n) is 4.56. The number of nitrogens with one attached hydrogen (secondary N) is 1. The number of carbonyl (C=O) groups is 1. The Labute approximate surface area is 106 Å². The quantitative estimate of drug-likeness (QED) is 0.860. The van der Waals surface area contributed by atoms with E-state index in [-0.39, 0.29) is 23.5 Å². The Hall–Kier alpha value is -1.37. The molecule has 2 heterocycles. The van der Waals surface area contributed by atoms with Crippen molar-refractivity contribution in [1.29, 1.82) is 0 Å². The lowest BCUT2D eigenvalue weighted by atomic mass is 10.1. The summed E-state index contributed by atoms with van der Waals surface area (Å²) in [4.78, 5) is 14.0. The van der Waals surface area contributed by atoms with Crippen LogP contribution in [-0.2, 0) is 9.84 Å². The number of hydrogen-bond acceptors (Lipinski definition) is 4. The molecular formula is C11H17N3O3S. The van der Waals surface area contributed by atoms with Gasteiger partial charge in [0.15, 0.2) is 9.84 Å². The van der Waals surface area contributed by atoms with E-state index in [1.54, 1.807) is 11.8 Å². The van der Waals surface area contributed by atoms with Gasteiger partial charge in [0.2, 0.25) is 0 Å². The van der Waals surface area contributed by atoms with Crippen molar-refractivity contribution in [3.05, 3.63) is 17.5 Å². The maximum absolute atomic E-state index is 12.3. The van der Waals surface area contributed by atoms with E-state index in [0.717, 1.165) is 0 Å². The monoisotopic (exact) mass is 271 g/mol. The van der Waals surface area contributed by atoms with Gasteiger partial charge in [0, 0.05) is 18.3 Å². The lowest BCUT2D eigenvalue weighted by Gasteiger charge is -2.26. The van der Waals surface area contributed by atoms with Crippen LogP contribution in [0.1, 0.15) is 29.4 Å². The molecule has 0 aromatic carbocycles. The Morgan fingerprint density at radius 3 is 2.78 bits per heavy atom. The molecule has 1 N–H and O–H groups in total. The van der Waals surface area contributed by atoms with E-state index in [9.17, 15) is 13.2 Å². The number of carbonyl (C=O) groups excluding carboxylic acids is 1.